The van der Waals surface area contributed by atoms with Crippen LogP contribution in [0.4, 0.5) is 13.2 Å². The van der Waals surface area contributed by atoms with Gasteiger partial charge in [0.05, 0.1) is 5.69 Å². The van der Waals surface area contributed by atoms with Gasteiger partial charge in [0.1, 0.15) is 12.4 Å². The smallest absolute Gasteiger partial charge is 0.446 e. The van der Waals surface area contributed by atoms with Gasteiger partial charge >= 0.3 is 11.2 Å². The fraction of sp³-hybridized carbons (Fsp3) is 0.235. The highest BCUT2D eigenvalue weighted by molar-refractivity contribution is 8.00. The van der Waals surface area contributed by atoms with Crippen molar-refractivity contribution in [1.82, 2.24) is 19.8 Å². The SMILES string of the molecule is Cc1ccccc1OCc1c(SC(F)(F)F)cccc1-n1nnn(C)c1=O. The number of thioether (sulfide) groups is 1. The summed E-state index contributed by atoms with van der Waals surface area (Å²) in [5, 5.41) is 7.35. The second-order valence-corrected chi connectivity index (χ2v) is 6.76. The third kappa shape index (κ3) is 4.33. The van der Waals surface area contributed by atoms with Crippen molar-refractivity contribution in [3.8, 4) is 11.4 Å². The minimum absolute atomic E-state index is 0.0638. The molecular weight excluding hydrogens is 381 g/mol. The first kappa shape index (κ1) is 19.0. The van der Waals surface area contributed by atoms with Crippen LogP contribution in [0.3, 0.4) is 0 Å². The molecule has 0 aliphatic heterocycles. The van der Waals surface area contributed by atoms with Crippen LogP contribution in [0.1, 0.15) is 11.1 Å². The Morgan fingerprint density at radius 1 is 1.11 bits per heavy atom. The molecule has 3 aromatic rings. The molecule has 0 amide bonds. The van der Waals surface area contributed by atoms with Crippen LogP contribution in [0.15, 0.2) is 52.2 Å². The van der Waals surface area contributed by atoms with Gasteiger partial charge in [-0.15, -0.1) is 0 Å². The molecule has 10 heteroatoms. The molecule has 0 N–H and O–H groups in total. The molecule has 0 saturated carbocycles. The summed E-state index contributed by atoms with van der Waals surface area (Å²) in [4.78, 5) is 12.1. The van der Waals surface area contributed by atoms with E-state index in [1.807, 2.05) is 19.1 Å². The minimum atomic E-state index is -4.48. The number of benzene rings is 2. The number of aromatic nitrogens is 4. The Morgan fingerprint density at radius 2 is 1.85 bits per heavy atom. The molecule has 0 aliphatic rings. The highest BCUT2D eigenvalue weighted by Crippen LogP contribution is 2.40. The molecule has 27 heavy (non-hydrogen) atoms. The van der Waals surface area contributed by atoms with Crippen molar-refractivity contribution in [2.75, 3.05) is 0 Å². The summed E-state index contributed by atoms with van der Waals surface area (Å²) in [6.07, 6.45) is 0. The van der Waals surface area contributed by atoms with Crippen LogP contribution in [-0.2, 0) is 13.7 Å². The molecule has 0 atom stereocenters. The van der Waals surface area contributed by atoms with Crippen LogP contribution in [-0.4, -0.2) is 25.3 Å². The number of rotatable bonds is 5. The molecule has 0 unspecified atom stereocenters. The normalized spacial score (nSPS) is 11.6. The third-order valence-electron chi connectivity index (χ3n) is 3.75. The van der Waals surface area contributed by atoms with Crippen LogP contribution in [0.2, 0.25) is 0 Å². The molecule has 2 aromatic carbocycles. The summed E-state index contributed by atoms with van der Waals surface area (Å²) in [5.74, 6) is 0.543. The summed E-state index contributed by atoms with van der Waals surface area (Å²) in [7, 11) is 1.41. The van der Waals surface area contributed by atoms with E-state index in [-0.39, 0.29) is 34.5 Å². The summed E-state index contributed by atoms with van der Waals surface area (Å²) in [6.45, 7) is 1.67. The van der Waals surface area contributed by atoms with Crippen molar-refractivity contribution in [3.05, 3.63) is 64.1 Å². The first-order valence-corrected chi connectivity index (χ1v) is 8.63. The summed E-state index contributed by atoms with van der Waals surface area (Å²) in [5.41, 5.74) is -3.82. The first-order valence-electron chi connectivity index (χ1n) is 7.82. The molecule has 0 radical (unpaired) electrons. The Bertz CT molecular complexity index is 1010. The number of tetrazole rings is 1. The zero-order chi connectivity index (χ0) is 19.6. The number of halogens is 3. The van der Waals surface area contributed by atoms with Gasteiger partial charge in [-0.05, 0) is 52.9 Å². The highest BCUT2D eigenvalue weighted by atomic mass is 32.2. The predicted octanol–water partition coefficient (Wildman–Crippen LogP) is 3.47. The Hall–Kier alpha value is -2.75. The molecule has 1 heterocycles. The number of alkyl halides is 3. The van der Waals surface area contributed by atoms with E-state index in [1.54, 1.807) is 12.1 Å². The lowest BCUT2D eigenvalue weighted by molar-refractivity contribution is -0.0328. The van der Waals surface area contributed by atoms with Crippen LogP contribution in [0.5, 0.6) is 5.75 Å². The molecular formula is C17H15F3N4O2S. The molecule has 6 nitrogen and oxygen atoms in total. The van der Waals surface area contributed by atoms with Crippen LogP contribution in [0, 0.1) is 6.92 Å². The molecule has 1 aromatic heterocycles. The van der Waals surface area contributed by atoms with E-state index < -0.39 is 11.2 Å². The van der Waals surface area contributed by atoms with Gasteiger partial charge in [0.2, 0.25) is 0 Å². The predicted molar refractivity (Wildman–Crippen MR) is 94.0 cm³/mol. The van der Waals surface area contributed by atoms with Crippen LogP contribution < -0.4 is 10.4 Å². The maximum absolute atomic E-state index is 13.0. The Labute approximate surface area is 156 Å². The minimum Gasteiger partial charge on any atom is -0.489 e. The van der Waals surface area contributed by atoms with E-state index in [2.05, 4.69) is 10.4 Å². The number of hydrogen-bond donors (Lipinski definition) is 0. The average Bonchev–Trinajstić information content (AvgIpc) is 2.93. The van der Waals surface area contributed by atoms with Crippen LogP contribution >= 0.6 is 11.8 Å². The molecule has 0 fully saturated rings. The van der Waals surface area contributed by atoms with E-state index in [1.165, 1.54) is 25.2 Å². The number of para-hydroxylation sites is 1. The zero-order valence-electron chi connectivity index (χ0n) is 14.4. The number of aryl methyl sites for hydroxylation is 2. The molecule has 0 spiro atoms. The zero-order valence-corrected chi connectivity index (χ0v) is 15.2. The summed E-state index contributed by atoms with van der Waals surface area (Å²) in [6, 6.07) is 11.4. The third-order valence-corrected chi connectivity index (χ3v) is 4.58. The van der Waals surface area contributed by atoms with Gasteiger partial charge in [0.15, 0.2) is 0 Å². The average molecular weight is 396 g/mol. The standard InChI is InChI=1S/C17H15F3N4O2S/c1-11-6-3-4-8-14(11)26-10-12-13(24-16(25)23(2)21-22-24)7-5-9-15(12)27-17(18,19)20/h3-9H,10H2,1-2H3. The quantitative estimate of drug-likeness (QED) is 0.618. The fourth-order valence-corrected chi connectivity index (χ4v) is 3.13. The Balaban J connectivity index is 2.05. The maximum Gasteiger partial charge on any atom is 0.446 e. The fourth-order valence-electron chi connectivity index (χ4n) is 2.45. The van der Waals surface area contributed by atoms with Crippen LogP contribution in [0.25, 0.3) is 5.69 Å². The molecule has 0 bridgehead atoms. The van der Waals surface area contributed by atoms with Gasteiger partial charge in [-0.1, -0.05) is 24.3 Å². The van der Waals surface area contributed by atoms with Gasteiger partial charge in [-0.3, -0.25) is 0 Å². The number of nitrogens with zero attached hydrogens (tertiary/aromatic N) is 4. The summed E-state index contributed by atoms with van der Waals surface area (Å²) >= 11 is -0.262. The van der Waals surface area contributed by atoms with Crippen molar-refractivity contribution >= 4 is 11.8 Å². The molecule has 0 saturated heterocycles. The lowest BCUT2D eigenvalue weighted by Gasteiger charge is -2.16. The highest BCUT2D eigenvalue weighted by Gasteiger charge is 2.31. The van der Waals surface area contributed by atoms with Gasteiger partial charge in [-0.25, -0.2) is 4.79 Å². The van der Waals surface area contributed by atoms with E-state index in [0.717, 1.165) is 14.9 Å². The monoisotopic (exact) mass is 396 g/mol. The Kier molecular flexibility index (Phi) is 5.26. The molecule has 142 valence electrons. The van der Waals surface area contributed by atoms with E-state index in [9.17, 15) is 18.0 Å². The van der Waals surface area contributed by atoms with Crippen molar-refractivity contribution in [2.24, 2.45) is 7.05 Å². The topological polar surface area (TPSA) is 61.9 Å². The summed E-state index contributed by atoms with van der Waals surface area (Å²) < 4.78 is 46.7. The van der Waals surface area contributed by atoms with Crippen molar-refractivity contribution in [1.29, 1.82) is 0 Å². The Morgan fingerprint density at radius 3 is 2.48 bits per heavy atom. The van der Waals surface area contributed by atoms with Gasteiger partial charge in [0, 0.05) is 17.5 Å². The van der Waals surface area contributed by atoms with Gasteiger partial charge < -0.3 is 4.74 Å². The second kappa shape index (κ2) is 7.47. The van der Waals surface area contributed by atoms with E-state index >= 15 is 0 Å². The number of ether oxygens (including phenoxy) is 1. The number of hydrogen-bond acceptors (Lipinski definition) is 5. The first-order chi connectivity index (χ1) is 12.8. The van der Waals surface area contributed by atoms with Crippen molar-refractivity contribution < 1.29 is 17.9 Å². The second-order valence-electron chi connectivity index (χ2n) is 5.65. The van der Waals surface area contributed by atoms with Gasteiger partial charge in [-0.2, -0.15) is 22.5 Å². The largest absolute Gasteiger partial charge is 0.489 e. The maximum atomic E-state index is 13.0. The van der Waals surface area contributed by atoms with E-state index in [0.29, 0.717) is 5.75 Å². The lowest BCUT2D eigenvalue weighted by atomic mass is 10.2. The van der Waals surface area contributed by atoms with Crippen molar-refractivity contribution in [2.45, 2.75) is 23.9 Å². The molecule has 3 rings (SSSR count). The van der Waals surface area contributed by atoms with Crippen molar-refractivity contribution in [3.63, 3.8) is 0 Å². The lowest BCUT2D eigenvalue weighted by Crippen LogP contribution is -2.23. The molecule has 0 aliphatic carbocycles. The van der Waals surface area contributed by atoms with Gasteiger partial charge in [0.25, 0.3) is 0 Å². The van der Waals surface area contributed by atoms with E-state index in [4.69, 9.17) is 4.74 Å².